The second-order valence-electron chi connectivity index (χ2n) is 7.41. The number of hydrogen-bond acceptors (Lipinski definition) is 7. The van der Waals surface area contributed by atoms with Crippen molar-refractivity contribution < 1.29 is 24.0 Å². The molecule has 1 heterocycles. The van der Waals surface area contributed by atoms with Crippen molar-refractivity contribution in [2.24, 2.45) is 5.92 Å². The average Bonchev–Trinajstić information content (AvgIpc) is 2.64. The van der Waals surface area contributed by atoms with E-state index in [0.717, 1.165) is 18.9 Å². The summed E-state index contributed by atoms with van der Waals surface area (Å²) in [4.78, 5) is 48.2. The second kappa shape index (κ2) is 9.85. The van der Waals surface area contributed by atoms with Crippen LogP contribution in [0.4, 0.5) is 16.2 Å². The van der Waals surface area contributed by atoms with E-state index in [1.54, 1.807) is 13.8 Å². The Morgan fingerprint density at radius 3 is 2.69 bits per heavy atom. The van der Waals surface area contributed by atoms with Crippen LogP contribution in [0, 0.1) is 16.0 Å². The maximum Gasteiger partial charge on any atom is 0.338 e. The molecule has 1 aromatic carbocycles. The third kappa shape index (κ3) is 6.44. The third-order valence-electron chi connectivity index (χ3n) is 4.41. The van der Waals surface area contributed by atoms with Crippen LogP contribution in [0.3, 0.4) is 0 Å². The Balaban J connectivity index is 2.03. The topological polar surface area (TPSA) is 131 Å². The van der Waals surface area contributed by atoms with Gasteiger partial charge in [-0.05, 0) is 44.7 Å². The van der Waals surface area contributed by atoms with Gasteiger partial charge in [0.2, 0.25) is 0 Å². The first kappa shape index (κ1) is 22.1. The molecule has 1 aromatic rings. The summed E-state index contributed by atoms with van der Waals surface area (Å²) in [6.07, 6.45) is 2.02. The van der Waals surface area contributed by atoms with Crippen LogP contribution in [-0.2, 0) is 9.53 Å². The first-order valence-corrected chi connectivity index (χ1v) is 9.48. The van der Waals surface area contributed by atoms with Crippen molar-refractivity contribution in [1.82, 2.24) is 10.6 Å². The molecule has 1 aliphatic rings. The number of benzene rings is 1. The van der Waals surface area contributed by atoms with E-state index in [-0.39, 0.29) is 17.3 Å². The predicted octanol–water partition coefficient (Wildman–Crippen LogP) is 2.22. The molecule has 2 rings (SSSR count). The summed E-state index contributed by atoms with van der Waals surface area (Å²) in [6, 6.07) is 3.26. The van der Waals surface area contributed by atoms with Crippen LogP contribution >= 0.6 is 0 Å². The molecule has 10 nitrogen and oxygen atoms in total. The standard InChI is InChI=1S/C19H26N4O6/c1-12(2)20-19(26)21-17(24)11-29-18(25)14-6-7-15(16(9-14)23(27)28)22-8-4-5-13(3)10-22/h6-7,9,12-13H,4-5,8,10-11H2,1-3H3,(H2,20,21,24,26)/t13-/m1/s1. The highest BCUT2D eigenvalue weighted by molar-refractivity contribution is 5.97. The van der Waals surface area contributed by atoms with E-state index in [4.69, 9.17) is 4.74 Å². The third-order valence-corrected chi connectivity index (χ3v) is 4.41. The monoisotopic (exact) mass is 406 g/mol. The van der Waals surface area contributed by atoms with E-state index in [1.165, 1.54) is 12.1 Å². The lowest BCUT2D eigenvalue weighted by Gasteiger charge is -2.32. The Kier molecular flexibility index (Phi) is 7.52. The number of esters is 1. The van der Waals surface area contributed by atoms with E-state index in [2.05, 4.69) is 12.2 Å². The first-order valence-electron chi connectivity index (χ1n) is 9.48. The molecule has 0 saturated carbocycles. The molecular weight excluding hydrogens is 380 g/mol. The number of urea groups is 1. The van der Waals surface area contributed by atoms with Gasteiger partial charge in [0.15, 0.2) is 6.61 Å². The quantitative estimate of drug-likeness (QED) is 0.421. The van der Waals surface area contributed by atoms with Gasteiger partial charge in [0, 0.05) is 25.2 Å². The fraction of sp³-hybridized carbons (Fsp3) is 0.526. The van der Waals surface area contributed by atoms with Crippen molar-refractivity contribution >= 4 is 29.3 Å². The number of ether oxygens (including phenoxy) is 1. The van der Waals surface area contributed by atoms with Gasteiger partial charge in [0.1, 0.15) is 5.69 Å². The van der Waals surface area contributed by atoms with Crippen LogP contribution in [0.15, 0.2) is 18.2 Å². The maximum absolute atomic E-state index is 12.2. The molecule has 1 atom stereocenters. The molecule has 158 valence electrons. The molecule has 29 heavy (non-hydrogen) atoms. The second-order valence-corrected chi connectivity index (χ2v) is 7.41. The smallest absolute Gasteiger partial charge is 0.338 e. The highest BCUT2D eigenvalue weighted by Crippen LogP contribution is 2.32. The zero-order chi connectivity index (χ0) is 21.6. The van der Waals surface area contributed by atoms with Crippen LogP contribution in [0.1, 0.15) is 44.0 Å². The zero-order valence-electron chi connectivity index (χ0n) is 16.8. The van der Waals surface area contributed by atoms with Gasteiger partial charge >= 0.3 is 12.0 Å². The minimum atomic E-state index is -0.883. The predicted molar refractivity (Wildman–Crippen MR) is 106 cm³/mol. The lowest BCUT2D eigenvalue weighted by molar-refractivity contribution is -0.384. The summed E-state index contributed by atoms with van der Waals surface area (Å²) < 4.78 is 4.87. The van der Waals surface area contributed by atoms with Crippen LogP contribution in [0.25, 0.3) is 0 Å². The van der Waals surface area contributed by atoms with Crippen molar-refractivity contribution in [3.8, 4) is 0 Å². The number of rotatable bonds is 6. The van der Waals surface area contributed by atoms with Gasteiger partial charge in [-0.1, -0.05) is 6.92 Å². The number of imide groups is 1. The van der Waals surface area contributed by atoms with Crippen LogP contribution in [-0.4, -0.2) is 48.6 Å². The van der Waals surface area contributed by atoms with Crippen molar-refractivity contribution in [3.63, 3.8) is 0 Å². The first-order chi connectivity index (χ1) is 13.7. The lowest BCUT2D eigenvalue weighted by Crippen LogP contribution is -2.44. The number of anilines is 1. The summed E-state index contributed by atoms with van der Waals surface area (Å²) in [7, 11) is 0. The molecule has 2 N–H and O–H groups in total. The normalized spacial score (nSPS) is 16.3. The summed E-state index contributed by atoms with van der Waals surface area (Å²) >= 11 is 0. The summed E-state index contributed by atoms with van der Waals surface area (Å²) in [5.74, 6) is -1.25. The Morgan fingerprint density at radius 2 is 2.07 bits per heavy atom. The molecule has 0 radical (unpaired) electrons. The van der Waals surface area contributed by atoms with Gasteiger partial charge in [-0.2, -0.15) is 0 Å². The summed E-state index contributed by atoms with van der Waals surface area (Å²) in [5, 5.41) is 16.0. The Morgan fingerprint density at radius 1 is 1.34 bits per heavy atom. The number of nitro groups is 1. The van der Waals surface area contributed by atoms with Crippen molar-refractivity contribution in [1.29, 1.82) is 0 Å². The lowest BCUT2D eigenvalue weighted by atomic mass is 9.99. The number of amides is 3. The number of piperidine rings is 1. The largest absolute Gasteiger partial charge is 0.452 e. The minimum Gasteiger partial charge on any atom is -0.452 e. The fourth-order valence-electron chi connectivity index (χ4n) is 3.15. The van der Waals surface area contributed by atoms with Crippen LogP contribution < -0.4 is 15.5 Å². The molecule has 0 aliphatic carbocycles. The van der Waals surface area contributed by atoms with Crippen LogP contribution in [0.5, 0.6) is 0 Å². The highest BCUT2D eigenvalue weighted by atomic mass is 16.6. The maximum atomic E-state index is 12.2. The molecule has 1 fully saturated rings. The number of nitrogens with one attached hydrogen (secondary N) is 2. The van der Waals surface area contributed by atoms with Crippen molar-refractivity contribution in [2.45, 2.75) is 39.7 Å². The summed E-state index contributed by atoms with van der Waals surface area (Å²) in [6.45, 7) is 6.30. The molecule has 0 spiro atoms. The Labute approximate surface area is 168 Å². The van der Waals surface area contributed by atoms with Crippen LogP contribution in [0.2, 0.25) is 0 Å². The SMILES string of the molecule is CC(C)NC(=O)NC(=O)COC(=O)c1ccc(N2CCC[C@@H](C)C2)c([N+](=O)[O-])c1. The van der Waals surface area contributed by atoms with E-state index < -0.39 is 29.4 Å². The van der Waals surface area contributed by atoms with Gasteiger partial charge in [0.05, 0.1) is 10.5 Å². The molecule has 1 aliphatic heterocycles. The van der Waals surface area contributed by atoms with Crippen molar-refractivity contribution in [3.05, 3.63) is 33.9 Å². The molecule has 3 amide bonds. The van der Waals surface area contributed by atoms with Crippen molar-refractivity contribution in [2.75, 3.05) is 24.6 Å². The molecule has 10 heteroatoms. The van der Waals surface area contributed by atoms with E-state index in [0.29, 0.717) is 24.7 Å². The molecule has 0 unspecified atom stereocenters. The number of nitrogens with zero attached hydrogens (tertiary/aromatic N) is 2. The van der Waals surface area contributed by atoms with E-state index in [9.17, 15) is 24.5 Å². The van der Waals surface area contributed by atoms with Gasteiger partial charge in [-0.15, -0.1) is 0 Å². The molecule has 1 saturated heterocycles. The van der Waals surface area contributed by atoms with Gasteiger partial charge in [0.25, 0.3) is 11.6 Å². The zero-order valence-corrected chi connectivity index (χ0v) is 16.8. The Bertz CT molecular complexity index is 795. The van der Waals surface area contributed by atoms with E-state index >= 15 is 0 Å². The van der Waals surface area contributed by atoms with Gasteiger partial charge in [-0.3, -0.25) is 20.2 Å². The van der Waals surface area contributed by atoms with Gasteiger partial charge in [-0.25, -0.2) is 9.59 Å². The number of hydrogen-bond donors (Lipinski definition) is 2. The van der Waals surface area contributed by atoms with Gasteiger partial charge < -0.3 is 15.0 Å². The summed E-state index contributed by atoms with van der Waals surface area (Å²) in [5.41, 5.74) is 0.237. The fourth-order valence-corrected chi connectivity index (χ4v) is 3.15. The molecule has 0 aromatic heterocycles. The number of carbonyl (C=O) groups is 3. The number of carbonyl (C=O) groups excluding carboxylic acids is 3. The van der Waals surface area contributed by atoms with E-state index in [1.807, 2.05) is 10.2 Å². The minimum absolute atomic E-state index is 0.0371. The average molecular weight is 406 g/mol. The Hall–Kier alpha value is -3.17. The molecule has 0 bridgehead atoms. The number of nitro benzene ring substituents is 1. The highest BCUT2D eigenvalue weighted by Gasteiger charge is 2.25. The molecular formula is C19H26N4O6.